The highest BCUT2D eigenvalue weighted by Crippen LogP contribution is 2.29. The van der Waals surface area contributed by atoms with Gasteiger partial charge in [0, 0.05) is 16.1 Å². The van der Waals surface area contributed by atoms with Crippen molar-refractivity contribution in [3.05, 3.63) is 69.3 Å². The minimum absolute atomic E-state index is 0.0843. The number of halogens is 1. The van der Waals surface area contributed by atoms with Crippen LogP contribution in [-0.4, -0.2) is 10.9 Å². The monoisotopic (exact) mass is 354 g/mol. The maximum Gasteiger partial charge on any atom is 0.229 e. The van der Waals surface area contributed by atoms with E-state index in [4.69, 9.17) is 0 Å². The molecule has 0 aliphatic heterocycles. The van der Waals surface area contributed by atoms with E-state index in [2.05, 4.69) is 10.3 Å². The summed E-state index contributed by atoms with van der Waals surface area (Å²) in [7, 11) is 0. The van der Waals surface area contributed by atoms with Crippen LogP contribution in [0.25, 0.3) is 11.3 Å². The number of carbonyl (C=O) groups excluding carboxylic acids is 1. The van der Waals surface area contributed by atoms with E-state index >= 15 is 0 Å². The van der Waals surface area contributed by atoms with Gasteiger partial charge in [-0.3, -0.25) is 4.79 Å². The summed E-state index contributed by atoms with van der Waals surface area (Å²) >= 11 is 1.49. The van der Waals surface area contributed by atoms with Gasteiger partial charge in [-0.2, -0.15) is 0 Å². The zero-order valence-corrected chi connectivity index (χ0v) is 15.2. The van der Waals surface area contributed by atoms with Crippen molar-refractivity contribution in [2.75, 3.05) is 5.32 Å². The molecule has 0 bridgehead atoms. The normalized spacial score (nSPS) is 10.7. The molecule has 1 amide bonds. The highest BCUT2D eigenvalue weighted by atomic mass is 32.1. The molecular formula is C20H19FN2OS. The largest absolute Gasteiger partial charge is 0.326 e. The molecule has 0 spiro atoms. The van der Waals surface area contributed by atoms with E-state index in [9.17, 15) is 9.18 Å². The second-order valence-electron chi connectivity index (χ2n) is 6.05. The maximum absolute atomic E-state index is 13.1. The van der Waals surface area contributed by atoms with Gasteiger partial charge in [0.05, 0.1) is 17.1 Å². The topological polar surface area (TPSA) is 42.0 Å². The Hall–Kier alpha value is -2.53. The van der Waals surface area contributed by atoms with Crippen LogP contribution in [0.1, 0.15) is 21.0 Å². The Kier molecular flexibility index (Phi) is 4.95. The molecule has 2 aromatic carbocycles. The fraction of sp³-hybridized carbons (Fsp3) is 0.200. The van der Waals surface area contributed by atoms with Gasteiger partial charge >= 0.3 is 0 Å². The van der Waals surface area contributed by atoms with Crippen molar-refractivity contribution >= 4 is 22.9 Å². The Bertz CT molecular complexity index is 916. The van der Waals surface area contributed by atoms with Crippen molar-refractivity contribution in [1.82, 2.24) is 4.98 Å². The summed E-state index contributed by atoms with van der Waals surface area (Å²) < 4.78 is 13.1. The predicted octanol–water partition coefficient (Wildman–Crippen LogP) is 5.06. The molecule has 0 saturated heterocycles. The predicted molar refractivity (Wildman–Crippen MR) is 100 cm³/mol. The molecule has 0 aliphatic rings. The summed E-state index contributed by atoms with van der Waals surface area (Å²) in [6, 6.07) is 12.1. The zero-order chi connectivity index (χ0) is 18.0. The standard InChI is InChI=1S/C20H19FN2OS/c1-12-4-9-17(13(2)10-12)23-19(24)11-18-20(22-14(3)25-18)15-5-7-16(21)8-6-15/h4-10H,11H2,1-3H3,(H,23,24). The number of aryl methyl sites for hydroxylation is 3. The number of hydrogen-bond donors (Lipinski definition) is 1. The third-order valence-corrected chi connectivity index (χ3v) is 4.87. The number of carbonyl (C=O) groups is 1. The summed E-state index contributed by atoms with van der Waals surface area (Å²) in [5.41, 5.74) is 4.58. The number of thiazole rings is 1. The Labute approximate surface area is 150 Å². The number of benzene rings is 2. The van der Waals surface area contributed by atoms with Gasteiger partial charge in [-0.05, 0) is 56.7 Å². The lowest BCUT2D eigenvalue weighted by molar-refractivity contribution is -0.115. The molecule has 5 heteroatoms. The summed E-state index contributed by atoms with van der Waals surface area (Å²) in [6.07, 6.45) is 0.242. The molecule has 1 N–H and O–H groups in total. The van der Waals surface area contributed by atoms with Crippen LogP contribution in [0.3, 0.4) is 0 Å². The van der Waals surface area contributed by atoms with Crippen molar-refractivity contribution in [2.24, 2.45) is 0 Å². The van der Waals surface area contributed by atoms with Crippen LogP contribution in [0.4, 0.5) is 10.1 Å². The lowest BCUT2D eigenvalue weighted by atomic mass is 10.1. The molecule has 3 rings (SSSR count). The van der Waals surface area contributed by atoms with E-state index in [0.29, 0.717) is 0 Å². The molecule has 1 aromatic heterocycles. The minimum Gasteiger partial charge on any atom is -0.326 e. The van der Waals surface area contributed by atoms with Gasteiger partial charge in [0.1, 0.15) is 5.82 Å². The number of amides is 1. The molecule has 3 aromatic rings. The van der Waals surface area contributed by atoms with Crippen LogP contribution in [0.15, 0.2) is 42.5 Å². The van der Waals surface area contributed by atoms with Crippen molar-refractivity contribution in [3.63, 3.8) is 0 Å². The first-order chi connectivity index (χ1) is 11.9. The van der Waals surface area contributed by atoms with Crippen LogP contribution >= 0.6 is 11.3 Å². The first kappa shape index (κ1) is 17.3. The van der Waals surface area contributed by atoms with E-state index in [1.807, 2.05) is 39.0 Å². The number of aromatic nitrogens is 1. The summed E-state index contributed by atoms with van der Waals surface area (Å²) in [5, 5.41) is 3.85. The molecule has 128 valence electrons. The van der Waals surface area contributed by atoms with E-state index in [0.717, 1.165) is 38.0 Å². The SMILES string of the molecule is Cc1ccc(NC(=O)Cc2sc(C)nc2-c2ccc(F)cc2)c(C)c1. The van der Waals surface area contributed by atoms with Crippen LogP contribution in [0.5, 0.6) is 0 Å². The average molecular weight is 354 g/mol. The quantitative estimate of drug-likeness (QED) is 0.712. The maximum atomic E-state index is 13.1. The van der Waals surface area contributed by atoms with Crippen LogP contribution < -0.4 is 5.32 Å². The first-order valence-electron chi connectivity index (χ1n) is 8.02. The van der Waals surface area contributed by atoms with Gasteiger partial charge in [0.2, 0.25) is 5.91 Å². The third kappa shape index (κ3) is 4.12. The summed E-state index contributed by atoms with van der Waals surface area (Å²) in [4.78, 5) is 17.9. The van der Waals surface area contributed by atoms with Crippen molar-refractivity contribution in [2.45, 2.75) is 27.2 Å². The van der Waals surface area contributed by atoms with Crippen molar-refractivity contribution < 1.29 is 9.18 Å². The third-order valence-electron chi connectivity index (χ3n) is 3.90. The number of hydrogen-bond acceptors (Lipinski definition) is 3. The average Bonchev–Trinajstić information content (AvgIpc) is 2.91. The summed E-state index contributed by atoms with van der Waals surface area (Å²) in [5.74, 6) is -0.371. The van der Waals surface area contributed by atoms with E-state index in [1.54, 1.807) is 12.1 Å². The molecule has 0 fully saturated rings. The number of rotatable bonds is 4. The fourth-order valence-corrected chi connectivity index (χ4v) is 3.67. The lowest BCUT2D eigenvalue weighted by Crippen LogP contribution is -2.15. The molecule has 3 nitrogen and oxygen atoms in total. The molecular weight excluding hydrogens is 335 g/mol. The Balaban J connectivity index is 1.81. The van der Waals surface area contributed by atoms with Crippen LogP contribution in [-0.2, 0) is 11.2 Å². The first-order valence-corrected chi connectivity index (χ1v) is 8.83. The molecule has 0 radical (unpaired) electrons. The molecule has 1 heterocycles. The van der Waals surface area contributed by atoms with Crippen molar-refractivity contribution in [3.8, 4) is 11.3 Å². The van der Waals surface area contributed by atoms with Gasteiger partial charge in [-0.1, -0.05) is 17.7 Å². The van der Waals surface area contributed by atoms with Gasteiger partial charge < -0.3 is 5.32 Å². The van der Waals surface area contributed by atoms with Crippen molar-refractivity contribution in [1.29, 1.82) is 0 Å². The fourth-order valence-electron chi connectivity index (χ4n) is 2.72. The van der Waals surface area contributed by atoms with Gasteiger partial charge in [-0.25, -0.2) is 9.37 Å². The molecule has 0 aliphatic carbocycles. The molecule has 0 saturated carbocycles. The zero-order valence-electron chi connectivity index (χ0n) is 14.4. The smallest absolute Gasteiger partial charge is 0.229 e. The second-order valence-corrected chi connectivity index (χ2v) is 7.34. The van der Waals surface area contributed by atoms with Crippen LogP contribution in [0, 0.1) is 26.6 Å². The summed E-state index contributed by atoms with van der Waals surface area (Å²) in [6.45, 7) is 5.90. The van der Waals surface area contributed by atoms with Gasteiger partial charge in [0.15, 0.2) is 0 Å². The van der Waals surface area contributed by atoms with Gasteiger partial charge in [-0.15, -0.1) is 11.3 Å². The number of nitrogens with zero attached hydrogens (tertiary/aromatic N) is 1. The van der Waals surface area contributed by atoms with E-state index in [1.165, 1.54) is 23.5 Å². The Morgan fingerprint density at radius 3 is 2.52 bits per heavy atom. The Morgan fingerprint density at radius 2 is 1.84 bits per heavy atom. The molecule has 25 heavy (non-hydrogen) atoms. The number of anilines is 1. The minimum atomic E-state index is -0.287. The van der Waals surface area contributed by atoms with Gasteiger partial charge in [0.25, 0.3) is 0 Å². The molecule has 0 atom stereocenters. The van der Waals surface area contributed by atoms with E-state index < -0.39 is 0 Å². The molecule has 0 unspecified atom stereocenters. The highest BCUT2D eigenvalue weighted by molar-refractivity contribution is 7.12. The highest BCUT2D eigenvalue weighted by Gasteiger charge is 2.15. The number of nitrogens with one attached hydrogen (secondary N) is 1. The Morgan fingerprint density at radius 1 is 1.12 bits per heavy atom. The lowest BCUT2D eigenvalue weighted by Gasteiger charge is -2.09. The second kappa shape index (κ2) is 7.15. The van der Waals surface area contributed by atoms with Crippen LogP contribution in [0.2, 0.25) is 0 Å². The van der Waals surface area contributed by atoms with E-state index in [-0.39, 0.29) is 18.1 Å².